The van der Waals surface area contributed by atoms with Gasteiger partial charge in [0.2, 0.25) is 41.4 Å². The molecule has 1 saturated heterocycles. The number of carbonyl (C=O) groups is 10. The maximum absolute atomic E-state index is 14.8. The van der Waals surface area contributed by atoms with Crippen molar-refractivity contribution in [3.8, 4) is 0 Å². The van der Waals surface area contributed by atoms with E-state index in [-0.39, 0.29) is 82.8 Å². The van der Waals surface area contributed by atoms with Crippen molar-refractivity contribution in [2.24, 2.45) is 41.1 Å². The Labute approximate surface area is 613 Å². The average Bonchev–Trinajstić information content (AvgIpc) is 1.25. The normalized spacial score (nSPS) is 15.9. The van der Waals surface area contributed by atoms with Gasteiger partial charge in [-0.2, -0.15) is 0 Å². The standard InChI is InChI=1S/C73H121N11O20/c1-14-50(8)64(58(96-12)45-60(86)84-31-19-23-57(84)65(97-13)51(9)66(87)79-56(71(92)93)44-52-20-16-15-17-21-52)82(10)70(91)62(48(4)5)81-69(90)63(49(6)7)83(11)73(95)104-46-53-24-26-54(27-25-53)77-67(88)55(22-18-30-76-72(75)94)78-68(89)61(47(2)3)80-59(85)28-32-98-34-36-100-38-40-102-42-43-103-41-39-101-37-35-99-33-29-74/h15-17,20-21,24-27,47-51,55-58,61-65H,14,18-19,22-23,28-46,74H2,1-13H3,(H,77,88)(H,78,89)(H,79,87)(H,80,85)(H,81,90)(H,92,93)(H3,75,76,94). The van der Waals surface area contributed by atoms with E-state index in [0.717, 1.165) is 5.56 Å². The summed E-state index contributed by atoms with van der Waals surface area (Å²) in [5.74, 6) is -7.03. The maximum atomic E-state index is 14.8. The monoisotopic (exact) mass is 1470 g/mol. The number of aliphatic carboxylic acids is 1. The smallest absolute Gasteiger partial charge is 0.410 e. The summed E-state index contributed by atoms with van der Waals surface area (Å²) in [6, 6.07) is 7.89. The van der Waals surface area contributed by atoms with Crippen LogP contribution in [0.5, 0.6) is 0 Å². The number of carbonyl (C=O) groups excluding carboxylic acids is 9. The lowest BCUT2D eigenvalue weighted by atomic mass is 9.89. The molecule has 0 radical (unpaired) electrons. The summed E-state index contributed by atoms with van der Waals surface area (Å²) in [5.41, 5.74) is 12.2. The van der Waals surface area contributed by atoms with Gasteiger partial charge < -0.3 is 101 Å². The number of hydrogen-bond donors (Lipinski definition) is 9. The molecule has 104 heavy (non-hydrogen) atoms. The fraction of sp³-hybridized carbons (Fsp3) is 0.699. The van der Waals surface area contributed by atoms with Crippen LogP contribution >= 0.6 is 0 Å². The zero-order valence-corrected chi connectivity index (χ0v) is 63.4. The Balaban J connectivity index is 1.59. The van der Waals surface area contributed by atoms with Gasteiger partial charge in [0.05, 0.1) is 116 Å². The van der Waals surface area contributed by atoms with Gasteiger partial charge in [-0.05, 0) is 72.6 Å². The fourth-order valence-corrected chi connectivity index (χ4v) is 12.1. The van der Waals surface area contributed by atoms with Gasteiger partial charge in [0, 0.05) is 66.5 Å². The minimum Gasteiger partial charge on any atom is -0.480 e. The quantitative estimate of drug-likeness (QED) is 0.0427. The predicted octanol–water partition coefficient (Wildman–Crippen LogP) is 3.61. The van der Waals surface area contributed by atoms with E-state index in [0.29, 0.717) is 103 Å². The SMILES string of the molecule is CCC(C)C(C(CC(=O)N1CCCC1C(OC)C(C)C(=O)NC(Cc1ccccc1)C(=O)O)OC)N(C)C(=O)C(NC(=O)C(C(C)C)N(C)C(=O)OCc1ccc(NC(=O)C(CCCNC(N)=O)NC(=O)C(NC(=O)CCOCCOCCOCCOCCOCCOCCN)C(C)C)cc1)C(C)C. The van der Waals surface area contributed by atoms with Crippen molar-refractivity contribution < 1.29 is 95.7 Å². The third-order valence-electron chi connectivity index (χ3n) is 18.0. The molecule has 2 aromatic carbocycles. The number of rotatable bonds is 53. The first-order valence-corrected chi connectivity index (χ1v) is 36.2. The van der Waals surface area contributed by atoms with Gasteiger partial charge in [0.25, 0.3) is 0 Å². The number of nitrogens with one attached hydrogen (secondary N) is 6. The summed E-state index contributed by atoms with van der Waals surface area (Å²) in [6.45, 7) is 21.3. The summed E-state index contributed by atoms with van der Waals surface area (Å²) in [5, 5.41) is 26.4. The lowest BCUT2D eigenvalue weighted by Crippen LogP contribution is -2.60. The highest BCUT2D eigenvalue weighted by Crippen LogP contribution is 2.30. The van der Waals surface area contributed by atoms with E-state index in [2.05, 4.69) is 31.9 Å². The average molecular weight is 1470 g/mol. The molecule has 10 amide bonds. The van der Waals surface area contributed by atoms with E-state index in [9.17, 15) is 53.1 Å². The van der Waals surface area contributed by atoms with Crippen molar-refractivity contribution in [1.29, 1.82) is 0 Å². The molecule has 1 aliphatic heterocycles. The molecule has 31 heteroatoms. The van der Waals surface area contributed by atoms with E-state index in [1.807, 2.05) is 19.9 Å². The van der Waals surface area contributed by atoms with Gasteiger partial charge in [-0.1, -0.05) is 111 Å². The van der Waals surface area contributed by atoms with Gasteiger partial charge >= 0.3 is 18.1 Å². The third-order valence-corrected chi connectivity index (χ3v) is 18.0. The van der Waals surface area contributed by atoms with Crippen LogP contribution in [-0.4, -0.2) is 261 Å². The number of primary amides is 1. The minimum absolute atomic E-state index is 0.0471. The van der Waals surface area contributed by atoms with Crippen molar-refractivity contribution >= 4 is 65.1 Å². The zero-order valence-electron chi connectivity index (χ0n) is 63.4. The number of hydrogen-bond acceptors (Lipinski definition) is 20. The van der Waals surface area contributed by atoms with Crippen LogP contribution in [0.3, 0.4) is 0 Å². The van der Waals surface area contributed by atoms with E-state index in [1.165, 1.54) is 31.1 Å². The topological polar surface area (TPSA) is 408 Å². The lowest BCUT2D eigenvalue weighted by Gasteiger charge is -2.41. The Morgan fingerprint density at radius 2 is 1.18 bits per heavy atom. The lowest BCUT2D eigenvalue weighted by molar-refractivity contribution is -0.148. The fourth-order valence-electron chi connectivity index (χ4n) is 12.1. The summed E-state index contributed by atoms with van der Waals surface area (Å²) < 4.78 is 50.4. The van der Waals surface area contributed by atoms with Gasteiger partial charge in [0.1, 0.15) is 36.8 Å². The molecule has 1 heterocycles. The highest BCUT2D eigenvalue weighted by molar-refractivity contribution is 5.98. The summed E-state index contributed by atoms with van der Waals surface area (Å²) >= 11 is 0. The second-order valence-corrected chi connectivity index (χ2v) is 26.9. The first-order chi connectivity index (χ1) is 49.6. The molecule has 0 aromatic heterocycles. The van der Waals surface area contributed by atoms with Crippen LogP contribution in [-0.2, 0) is 94.0 Å². The number of urea groups is 1. The molecule has 31 nitrogen and oxygen atoms in total. The van der Waals surface area contributed by atoms with Crippen molar-refractivity contribution in [1.82, 2.24) is 41.3 Å². The van der Waals surface area contributed by atoms with Crippen molar-refractivity contribution in [3.05, 3.63) is 65.7 Å². The van der Waals surface area contributed by atoms with Crippen LogP contribution in [0.2, 0.25) is 0 Å². The maximum Gasteiger partial charge on any atom is 0.410 e. The Kier molecular flexibility index (Phi) is 43.5. The number of likely N-dealkylation sites (tertiary alicyclic amines) is 1. The number of nitrogens with zero attached hydrogens (tertiary/aromatic N) is 3. The molecule has 2 aromatic rings. The third kappa shape index (κ3) is 32.4. The molecular formula is C73H121N11O20. The molecule has 3 rings (SSSR count). The van der Waals surface area contributed by atoms with Crippen LogP contribution in [0.15, 0.2) is 54.6 Å². The molecule has 0 aliphatic carbocycles. The number of carboxylic acids is 1. The van der Waals surface area contributed by atoms with E-state index in [4.69, 9.17) is 54.1 Å². The van der Waals surface area contributed by atoms with E-state index < -0.39 is 126 Å². The molecule has 0 saturated carbocycles. The largest absolute Gasteiger partial charge is 0.480 e. The van der Waals surface area contributed by atoms with Crippen LogP contribution in [0.4, 0.5) is 15.3 Å². The van der Waals surface area contributed by atoms with Crippen LogP contribution in [0, 0.1) is 29.6 Å². The molecule has 0 spiro atoms. The molecule has 0 bridgehead atoms. The number of benzene rings is 2. The summed E-state index contributed by atoms with van der Waals surface area (Å²) in [4.78, 5) is 140. The van der Waals surface area contributed by atoms with Crippen LogP contribution in [0.25, 0.3) is 0 Å². The van der Waals surface area contributed by atoms with Gasteiger partial charge in [-0.3, -0.25) is 38.5 Å². The van der Waals surface area contributed by atoms with Gasteiger partial charge in [0.15, 0.2) is 0 Å². The molecule has 1 fully saturated rings. The number of methoxy groups -OCH3 is 2. The van der Waals surface area contributed by atoms with Gasteiger partial charge in [-0.15, -0.1) is 0 Å². The highest BCUT2D eigenvalue weighted by atomic mass is 16.6. The first-order valence-electron chi connectivity index (χ1n) is 36.2. The van der Waals surface area contributed by atoms with Gasteiger partial charge in [-0.25, -0.2) is 14.4 Å². The van der Waals surface area contributed by atoms with Crippen molar-refractivity contribution in [2.45, 2.75) is 175 Å². The molecular weight excluding hydrogens is 1350 g/mol. The summed E-state index contributed by atoms with van der Waals surface area (Å²) in [6.07, 6.45) is -0.459. The predicted molar refractivity (Wildman–Crippen MR) is 388 cm³/mol. The number of likely N-dealkylation sites (N-methyl/N-ethyl adjacent to an activating group) is 2. The number of nitrogens with two attached hydrogens (primary N) is 2. The molecule has 11 unspecified atom stereocenters. The van der Waals surface area contributed by atoms with Crippen molar-refractivity contribution in [2.75, 3.05) is 133 Å². The zero-order chi connectivity index (χ0) is 77.3. The molecule has 11 N–H and O–H groups in total. The minimum atomic E-state index is -1.19. The second-order valence-electron chi connectivity index (χ2n) is 26.9. The number of carboxylic acid groups (broad SMARTS) is 1. The van der Waals surface area contributed by atoms with Crippen molar-refractivity contribution in [3.63, 3.8) is 0 Å². The Morgan fingerprint density at radius 1 is 0.625 bits per heavy atom. The summed E-state index contributed by atoms with van der Waals surface area (Å²) in [7, 11) is 5.97. The van der Waals surface area contributed by atoms with Crippen LogP contribution < -0.4 is 43.4 Å². The highest BCUT2D eigenvalue weighted by Gasteiger charge is 2.44. The Bertz CT molecular complexity index is 2900. The van der Waals surface area contributed by atoms with Crippen LogP contribution in [0.1, 0.15) is 118 Å². The first kappa shape index (κ1) is 90.6. The number of ether oxygens (including phenoxy) is 9. The number of amides is 10. The van der Waals surface area contributed by atoms with E-state index >= 15 is 0 Å². The second kappa shape index (κ2) is 50.0. The Hall–Kier alpha value is -7.62. The molecule has 1 aliphatic rings. The number of anilines is 1. The molecule has 588 valence electrons. The Morgan fingerprint density at radius 3 is 1.69 bits per heavy atom. The van der Waals surface area contributed by atoms with E-state index in [1.54, 1.807) is 109 Å². The molecule has 11 atom stereocenters.